The molecule has 2 saturated heterocycles. The minimum absolute atomic E-state index is 0.0979. The van der Waals surface area contributed by atoms with E-state index in [-0.39, 0.29) is 19.1 Å². The summed E-state index contributed by atoms with van der Waals surface area (Å²) in [6.07, 6.45) is 1.41. The highest BCUT2D eigenvalue weighted by atomic mass is 16.5. The van der Waals surface area contributed by atoms with E-state index in [0.717, 1.165) is 19.3 Å². The molecular formula is C11H17NO5. The summed E-state index contributed by atoms with van der Waals surface area (Å²) < 4.78 is 10.5. The zero-order chi connectivity index (χ0) is 12.3. The third-order valence-electron chi connectivity index (χ3n) is 3.11. The van der Waals surface area contributed by atoms with Crippen molar-refractivity contribution in [3.8, 4) is 0 Å². The number of rotatable bonds is 2. The molecule has 0 bridgehead atoms. The molecule has 0 aliphatic carbocycles. The summed E-state index contributed by atoms with van der Waals surface area (Å²) in [5, 5.41) is 8.85. The van der Waals surface area contributed by atoms with Gasteiger partial charge in [0.05, 0.1) is 13.2 Å². The number of carboxylic acids is 1. The van der Waals surface area contributed by atoms with Gasteiger partial charge in [-0.15, -0.1) is 0 Å². The molecule has 0 aromatic rings. The lowest BCUT2D eigenvalue weighted by molar-refractivity contribution is -0.164. The average Bonchev–Trinajstić information content (AvgIpc) is 2.39. The van der Waals surface area contributed by atoms with Gasteiger partial charge in [-0.05, 0) is 19.3 Å². The van der Waals surface area contributed by atoms with Crippen molar-refractivity contribution >= 4 is 11.9 Å². The fourth-order valence-corrected chi connectivity index (χ4v) is 2.14. The van der Waals surface area contributed by atoms with Crippen molar-refractivity contribution in [3.63, 3.8) is 0 Å². The molecule has 2 aliphatic rings. The number of ether oxygens (including phenoxy) is 2. The Labute approximate surface area is 99.5 Å². The monoisotopic (exact) mass is 243 g/mol. The van der Waals surface area contributed by atoms with Crippen LogP contribution < -0.4 is 0 Å². The Balaban J connectivity index is 1.91. The summed E-state index contributed by atoms with van der Waals surface area (Å²) in [4.78, 5) is 24.4. The molecule has 0 saturated carbocycles. The first-order valence-electron chi connectivity index (χ1n) is 5.93. The van der Waals surface area contributed by atoms with Gasteiger partial charge in [-0.2, -0.15) is 0 Å². The second-order valence-corrected chi connectivity index (χ2v) is 4.34. The standard InChI is InChI=1S/C11H17NO5/c13-10(8-3-1-2-5-16-8)12-4-6-17-9(7-12)11(14)15/h8-9H,1-7H2,(H,14,15)/t8-,9-/m0/s1. The fourth-order valence-electron chi connectivity index (χ4n) is 2.14. The van der Waals surface area contributed by atoms with E-state index in [1.54, 1.807) is 0 Å². The molecule has 2 rings (SSSR count). The molecule has 0 radical (unpaired) electrons. The number of hydrogen-bond acceptors (Lipinski definition) is 4. The van der Waals surface area contributed by atoms with Gasteiger partial charge in [-0.25, -0.2) is 4.79 Å². The molecule has 6 nitrogen and oxygen atoms in total. The smallest absolute Gasteiger partial charge is 0.334 e. The maximum absolute atomic E-state index is 12.1. The van der Waals surface area contributed by atoms with Crippen LogP contribution in [0.5, 0.6) is 0 Å². The predicted molar refractivity (Wildman–Crippen MR) is 57.5 cm³/mol. The molecule has 96 valence electrons. The van der Waals surface area contributed by atoms with E-state index in [1.807, 2.05) is 0 Å². The lowest BCUT2D eigenvalue weighted by Crippen LogP contribution is -2.52. The molecule has 0 unspecified atom stereocenters. The summed E-state index contributed by atoms with van der Waals surface area (Å²) >= 11 is 0. The van der Waals surface area contributed by atoms with Gasteiger partial charge in [-0.1, -0.05) is 0 Å². The van der Waals surface area contributed by atoms with Crippen LogP contribution in [-0.2, 0) is 19.1 Å². The Bertz CT molecular complexity index is 300. The van der Waals surface area contributed by atoms with Gasteiger partial charge < -0.3 is 19.5 Å². The first-order chi connectivity index (χ1) is 8.18. The highest BCUT2D eigenvalue weighted by Gasteiger charge is 2.33. The summed E-state index contributed by atoms with van der Waals surface area (Å²) in [5.74, 6) is -1.12. The lowest BCUT2D eigenvalue weighted by Gasteiger charge is -2.34. The van der Waals surface area contributed by atoms with Crippen molar-refractivity contribution in [1.82, 2.24) is 4.90 Å². The van der Waals surface area contributed by atoms with E-state index in [4.69, 9.17) is 14.6 Å². The molecule has 1 N–H and O–H groups in total. The molecule has 0 aromatic carbocycles. The molecule has 17 heavy (non-hydrogen) atoms. The molecule has 1 amide bonds. The second-order valence-electron chi connectivity index (χ2n) is 4.34. The molecule has 2 fully saturated rings. The Morgan fingerprint density at radius 3 is 2.53 bits per heavy atom. The largest absolute Gasteiger partial charge is 0.479 e. The van der Waals surface area contributed by atoms with Gasteiger partial charge in [0.1, 0.15) is 6.10 Å². The molecule has 6 heteroatoms. The molecule has 0 aromatic heterocycles. The van der Waals surface area contributed by atoms with Crippen LogP contribution in [0.3, 0.4) is 0 Å². The summed E-state index contributed by atoms with van der Waals surface area (Å²) in [6.45, 7) is 1.45. The van der Waals surface area contributed by atoms with Gasteiger partial charge in [0.25, 0.3) is 5.91 Å². The maximum atomic E-state index is 12.1. The van der Waals surface area contributed by atoms with Gasteiger partial charge in [0, 0.05) is 13.2 Å². The van der Waals surface area contributed by atoms with E-state index in [9.17, 15) is 9.59 Å². The van der Waals surface area contributed by atoms with E-state index in [1.165, 1.54) is 4.90 Å². The van der Waals surface area contributed by atoms with E-state index in [2.05, 4.69) is 0 Å². The van der Waals surface area contributed by atoms with Crippen LogP contribution in [0, 0.1) is 0 Å². The average molecular weight is 243 g/mol. The van der Waals surface area contributed by atoms with Crippen molar-refractivity contribution in [3.05, 3.63) is 0 Å². The normalized spacial score (nSPS) is 30.0. The number of nitrogens with zero attached hydrogens (tertiary/aromatic N) is 1. The number of amides is 1. The molecule has 2 atom stereocenters. The first-order valence-corrected chi connectivity index (χ1v) is 5.93. The highest BCUT2D eigenvalue weighted by Crippen LogP contribution is 2.16. The second kappa shape index (κ2) is 5.46. The lowest BCUT2D eigenvalue weighted by atomic mass is 10.1. The number of carbonyl (C=O) groups is 2. The van der Waals surface area contributed by atoms with Gasteiger partial charge >= 0.3 is 5.97 Å². The van der Waals surface area contributed by atoms with Gasteiger partial charge in [0.2, 0.25) is 0 Å². The highest BCUT2D eigenvalue weighted by molar-refractivity contribution is 5.82. The SMILES string of the molecule is O=C(O)[C@@H]1CN(C(=O)[C@@H]2CCCCO2)CCO1. The zero-order valence-corrected chi connectivity index (χ0v) is 9.63. The number of hydrogen-bond donors (Lipinski definition) is 1. The first kappa shape index (κ1) is 12.3. The molecule has 0 spiro atoms. The van der Waals surface area contributed by atoms with Crippen molar-refractivity contribution in [2.45, 2.75) is 31.5 Å². The van der Waals surface area contributed by atoms with Crippen LogP contribution in [0.25, 0.3) is 0 Å². The minimum Gasteiger partial charge on any atom is -0.479 e. The minimum atomic E-state index is -1.02. The topological polar surface area (TPSA) is 76.1 Å². The van der Waals surface area contributed by atoms with Crippen LogP contribution in [0.1, 0.15) is 19.3 Å². The fraction of sp³-hybridized carbons (Fsp3) is 0.818. The van der Waals surface area contributed by atoms with Crippen LogP contribution in [0.4, 0.5) is 0 Å². The quantitative estimate of drug-likeness (QED) is 0.731. The molecular weight excluding hydrogens is 226 g/mol. The Kier molecular flexibility index (Phi) is 3.96. The molecule has 2 heterocycles. The number of carboxylic acid groups (broad SMARTS) is 1. The predicted octanol–water partition coefficient (Wildman–Crippen LogP) is -0.133. The van der Waals surface area contributed by atoms with Crippen molar-refractivity contribution in [1.29, 1.82) is 0 Å². The Hall–Kier alpha value is -1.14. The summed E-state index contributed by atoms with van der Waals surface area (Å²) in [5.41, 5.74) is 0. The van der Waals surface area contributed by atoms with Crippen molar-refractivity contribution in [2.24, 2.45) is 0 Å². The maximum Gasteiger partial charge on any atom is 0.334 e. The van der Waals surface area contributed by atoms with E-state index < -0.39 is 18.2 Å². The van der Waals surface area contributed by atoms with E-state index in [0.29, 0.717) is 13.2 Å². The van der Waals surface area contributed by atoms with Gasteiger partial charge in [0.15, 0.2) is 6.10 Å². The number of morpholine rings is 1. The number of carbonyl (C=O) groups excluding carboxylic acids is 1. The third kappa shape index (κ3) is 2.95. The van der Waals surface area contributed by atoms with Crippen LogP contribution in [0.15, 0.2) is 0 Å². The summed E-state index contributed by atoms with van der Waals surface area (Å²) in [6, 6.07) is 0. The Morgan fingerprint density at radius 1 is 1.12 bits per heavy atom. The van der Waals surface area contributed by atoms with Gasteiger partial charge in [-0.3, -0.25) is 4.79 Å². The third-order valence-corrected chi connectivity index (χ3v) is 3.11. The number of aliphatic carboxylic acids is 1. The van der Waals surface area contributed by atoms with Crippen molar-refractivity contribution < 1.29 is 24.2 Å². The summed E-state index contributed by atoms with van der Waals surface area (Å²) in [7, 11) is 0. The Morgan fingerprint density at radius 2 is 1.88 bits per heavy atom. The molecule has 2 aliphatic heterocycles. The van der Waals surface area contributed by atoms with Crippen LogP contribution in [-0.4, -0.2) is 60.4 Å². The van der Waals surface area contributed by atoms with Crippen molar-refractivity contribution in [2.75, 3.05) is 26.3 Å². The van der Waals surface area contributed by atoms with Crippen LogP contribution in [0.2, 0.25) is 0 Å². The van der Waals surface area contributed by atoms with Crippen LogP contribution >= 0.6 is 0 Å². The van der Waals surface area contributed by atoms with E-state index >= 15 is 0 Å². The zero-order valence-electron chi connectivity index (χ0n) is 9.63.